The fourth-order valence-corrected chi connectivity index (χ4v) is 3.26. The zero-order valence-corrected chi connectivity index (χ0v) is 20.3. The van der Waals surface area contributed by atoms with Gasteiger partial charge in [0, 0.05) is 18.5 Å². The van der Waals surface area contributed by atoms with E-state index in [1.54, 1.807) is 0 Å². The van der Waals surface area contributed by atoms with Crippen molar-refractivity contribution in [3.63, 3.8) is 0 Å². The molecule has 0 radical (unpaired) electrons. The van der Waals surface area contributed by atoms with Crippen LogP contribution in [-0.4, -0.2) is 77.8 Å². The average Bonchev–Trinajstić information content (AvgIpc) is 2.66. The zero-order valence-electron chi connectivity index (χ0n) is 19.5. The first-order valence-corrected chi connectivity index (χ1v) is 11.4. The van der Waals surface area contributed by atoms with E-state index < -0.39 is 88.4 Å². The van der Waals surface area contributed by atoms with Crippen LogP contribution in [0.4, 0.5) is 43.9 Å². The van der Waals surface area contributed by atoms with Gasteiger partial charge in [-0.15, -0.1) is 0 Å². The van der Waals surface area contributed by atoms with Gasteiger partial charge in [-0.1, -0.05) is 6.58 Å². The van der Waals surface area contributed by atoms with Crippen molar-refractivity contribution in [3.8, 4) is 0 Å². The molecule has 1 atom stereocenters. The van der Waals surface area contributed by atoms with Gasteiger partial charge in [-0.05, 0) is 34.1 Å². The summed E-state index contributed by atoms with van der Waals surface area (Å²) in [5.74, 6) is -15.6. The molecule has 0 saturated heterocycles. The van der Waals surface area contributed by atoms with Gasteiger partial charge in [-0.25, -0.2) is 4.79 Å². The molecule has 0 aromatic carbocycles. The minimum absolute atomic E-state index is 0.373. The minimum atomic E-state index is -6.68. The van der Waals surface area contributed by atoms with Gasteiger partial charge in [0.1, 0.15) is 5.57 Å². The number of rotatable bonds is 12. The molecule has 0 aliphatic rings. The number of alkyl halides is 10. The Morgan fingerprint density at radius 1 is 0.919 bits per heavy atom. The largest absolute Gasteiger partial charge is 0.466 e. The lowest BCUT2D eigenvalue weighted by Gasteiger charge is -2.40. The Labute approximate surface area is 204 Å². The molecule has 0 saturated carbocycles. The second-order valence-electron chi connectivity index (χ2n) is 8.03. The highest BCUT2D eigenvalue weighted by Crippen LogP contribution is 2.43. The van der Waals surface area contributed by atoms with Crippen LogP contribution in [0.2, 0.25) is 0 Å². The third kappa shape index (κ3) is 7.68. The number of esters is 1. The smallest absolute Gasteiger partial charge is 0.412 e. The lowest BCUT2D eigenvalue weighted by molar-refractivity contribution is -0.352. The fourth-order valence-electron chi connectivity index (χ4n) is 2.78. The quantitative estimate of drug-likeness (QED) is 0.0897. The highest BCUT2D eigenvalue weighted by molar-refractivity contribution is 7.87. The molecule has 0 aliphatic heterocycles. The molecule has 0 aromatic rings. The normalized spacial score (nSPS) is 15.5. The van der Waals surface area contributed by atoms with E-state index in [9.17, 15) is 61.9 Å². The number of amides is 1. The van der Waals surface area contributed by atoms with Gasteiger partial charge in [-0.2, -0.15) is 52.3 Å². The Balaban J connectivity index is 6.44. The van der Waals surface area contributed by atoms with Crippen molar-refractivity contribution in [2.24, 2.45) is 0 Å². The molecule has 0 spiro atoms. The van der Waals surface area contributed by atoms with Gasteiger partial charge >= 0.3 is 51.3 Å². The Morgan fingerprint density at radius 2 is 1.35 bits per heavy atom. The third-order valence-corrected chi connectivity index (χ3v) is 5.46. The van der Waals surface area contributed by atoms with Crippen LogP contribution in [0.5, 0.6) is 0 Å². The van der Waals surface area contributed by atoms with Crippen molar-refractivity contribution in [3.05, 3.63) is 12.2 Å². The van der Waals surface area contributed by atoms with E-state index in [0.717, 1.165) is 27.7 Å². The van der Waals surface area contributed by atoms with Crippen molar-refractivity contribution < 1.29 is 75.9 Å². The molecule has 218 valence electrons. The minimum Gasteiger partial charge on any atom is -0.412 e. The van der Waals surface area contributed by atoms with Gasteiger partial charge in [0.15, 0.2) is 0 Å². The first kappa shape index (κ1) is 34.9. The van der Waals surface area contributed by atoms with E-state index in [2.05, 4.69) is 16.1 Å². The first-order chi connectivity index (χ1) is 16.2. The molecule has 0 aliphatic carbocycles. The second-order valence-corrected chi connectivity index (χ2v) is 9.49. The number of carbonyl (C=O) groups is 2. The summed E-state index contributed by atoms with van der Waals surface area (Å²) in [5.41, 5.74) is -2.50. The SMILES string of the molecule is C=C(C(=O)OC(OCCCC(F)(F)C(F)(F)S(=O)(=O)O)(C(=O)N(C(C)C)C(C)C)C(F)(F)F)C(F)(F)F. The first-order valence-electron chi connectivity index (χ1n) is 9.93. The number of hydrogen-bond donors (Lipinski definition) is 1. The summed E-state index contributed by atoms with van der Waals surface area (Å²) in [5, 5.41) is -6.08. The van der Waals surface area contributed by atoms with E-state index >= 15 is 0 Å². The standard InChI is InChI=1S/C18H23F10NO7S/c1-9(2)29(10(3)4)13(31)15(17(24,25)26,36-12(30)11(5)16(21,22)23)35-8-6-7-14(19,20)18(27,28)37(32,33)34/h9-10H,5-8H2,1-4H3,(H,32,33,34). The molecule has 37 heavy (non-hydrogen) atoms. The fraction of sp³-hybridized carbons (Fsp3) is 0.778. The summed E-state index contributed by atoms with van der Waals surface area (Å²) >= 11 is 0. The van der Waals surface area contributed by atoms with Gasteiger partial charge < -0.3 is 14.4 Å². The van der Waals surface area contributed by atoms with Gasteiger partial charge in [0.2, 0.25) is 0 Å². The Hall–Kier alpha value is -2.15. The Kier molecular flexibility index (Phi) is 10.6. The summed E-state index contributed by atoms with van der Waals surface area (Å²) in [6.45, 7) is 5.08. The Morgan fingerprint density at radius 3 is 1.68 bits per heavy atom. The topological polar surface area (TPSA) is 110 Å². The van der Waals surface area contributed by atoms with Crippen LogP contribution in [0.25, 0.3) is 0 Å². The molecule has 1 unspecified atom stereocenters. The molecule has 0 heterocycles. The molecule has 0 bridgehead atoms. The molecule has 8 nitrogen and oxygen atoms in total. The van der Waals surface area contributed by atoms with Crippen LogP contribution in [0.1, 0.15) is 40.5 Å². The number of hydrogen-bond acceptors (Lipinski definition) is 6. The predicted octanol–water partition coefficient (Wildman–Crippen LogP) is 4.46. The summed E-state index contributed by atoms with van der Waals surface area (Å²) in [7, 11) is -6.68. The molecule has 1 amide bonds. The van der Waals surface area contributed by atoms with Gasteiger partial charge in [-0.3, -0.25) is 9.35 Å². The maximum atomic E-state index is 14.1. The molecule has 0 fully saturated rings. The van der Waals surface area contributed by atoms with E-state index in [-0.39, 0.29) is 0 Å². The van der Waals surface area contributed by atoms with Crippen LogP contribution < -0.4 is 0 Å². The van der Waals surface area contributed by atoms with Crippen molar-refractivity contribution in [2.45, 2.75) is 81.9 Å². The van der Waals surface area contributed by atoms with Crippen molar-refractivity contribution >= 4 is 22.0 Å². The van der Waals surface area contributed by atoms with Crippen molar-refractivity contribution in [2.75, 3.05) is 6.61 Å². The highest BCUT2D eigenvalue weighted by atomic mass is 32.2. The number of nitrogens with zero attached hydrogens (tertiary/aromatic N) is 1. The molecule has 1 N–H and O–H groups in total. The van der Waals surface area contributed by atoms with E-state index in [1.165, 1.54) is 0 Å². The monoisotopic (exact) mass is 587 g/mol. The molecule has 0 aromatic heterocycles. The van der Waals surface area contributed by atoms with Crippen LogP contribution in [0, 0.1) is 0 Å². The number of halogens is 10. The van der Waals surface area contributed by atoms with E-state index in [4.69, 9.17) is 4.55 Å². The highest BCUT2D eigenvalue weighted by Gasteiger charge is 2.69. The lowest BCUT2D eigenvalue weighted by Crippen LogP contribution is -2.64. The number of carbonyl (C=O) groups excluding carboxylic acids is 2. The molecular formula is C18H23F10NO7S. The van der Waals surface area contributed by atoms with Gasteiger partial charge in [0.05, 0.1) is 6.61 Å². The van der Waals surface area contributed by atoms with Crippen LogP contribution >= 0.6 is 0 Å². The number of ether oxygens (including phenoxy) is 2. The Bertz CT molecular complexity index is 953. The summed E-state index contributed by atoms with van der Waals surface area (Å²) in [6.07, 6.45) is -15.6. The lowest BCUT2D eigenvalue weighted by atomic mass is 10.1. The van der Waals surface area contributed by atoms with Gasteiger partial charge in [0.25, 0.3) is 0 Å². The summed E-state index contributed by atoms with van der Waals surface area (Å²) < 4.78 is 172. The molecule has 19 heteroatoms. The van der Waals surface area contributed by atoms with Crippen molar-refractivity contribution in [1.82, 2.24) is 4.90 Å². The van der Waals surface area contributed by atoms with E-state index in [0.29, 0.717) is 4.90 Å². The molecule has 0 rings (SSSR count). The van der Waals surface area contributed by atoms with Crippen LogP contribution in [0.15, 0.2) is 12.2 Å². The predicted molar refractivity (Wildman–Crippen MR) is 104 cm³/mol. The zero-order chi connectivity index (χ0) is 30.0. The third-order valence-electron chi connectivity index (χ3n) is 4.52. The maximum absolute atomic E-state index is 14.1. The summed E-state index contributed by atoms with van der Waals surface area (Å²) in [4.78, 5) is 25.1. The van der Waals surface area contributed by atoms with Crippen LogP contribution in [0.3, 0.4) is 0 Å². The summed E-state index contributed by atoms with van der Waals surface area (Å²) in [6, 6.07) is -2.25. The average molecular weight is 587 g/mol. The second kappa shape index (κ2) is 11.3. The van der Waals surface area contributed by atoms with Crippen molar-refractivity contribution in [1.29, 1.82) is 0 Å². The maximum Gasteiger partial charge on any atom is 0.466 e. The van der Waals surface area contributed by atoms with E-state index in [1.807, 2.05) is 0 Å². The molecular weight excluding hydrogens is 564 g/mol. The van der Waals surface area contributed by atoms with Crippen LogP contribution in [-0.2, 0) is 29.2 Å².